The van der Waals surface area contributed by atoms with E-state index >= 15 is 0 Å². The predicted octanol–water partition coefficient (Wildman–Crippen LogP) is 4.80. The molecule has 2 heteroatoms. The van der Waals surface area contributed by atoms with Crippen LogP contribution < -0.4 is 4.90 Å². The zero-order chi connectivity index (χ0) is 15.2. The summed E-state index contributed by atoms with van der Waals surface area (Å²) in [6.07, 6.45) is 5.66. The number of para-hydroxylation sites is 1. The van der Waals surface area contributed by atoms with Gasteiger partial charge in [-0.05, 0) is 36.5 Å². The highest BCUT2D eigenvalue weighted by atomic mass is 16.2. The lowest BCUT2D eigenvalue weighted by molar-refractivity contribution is -0.119. The van der Waals surface area contributed by atoms with Crippen LogP contribution in [-0.2, 0) is 11.3 Å². The first-order valence-electron chi connectivity index (χ1n) is 8.22. The fraction of sp³-hybridized carbons (Fsp3) is 0.350. The van der Waals surface area contributed by atoms with Gasteiger partial charge in [-0.1, -0.05) is 61.4 Å². The molecule has 1 aliphatic rings. The normalized spacial score (nSPS) is 14.9. The van der Waals surface area contributed by atoms with Gasteiger partial charge >= 0.3 is 0 Å². The van der Waals surface area contributed by atoms with Crippen molar-refractivity contribution in [2.24, 2.45) is 5.92 Å². The number of carbonyl (C=O) groups is 1. The number of hydrogen-bond acceptors (Lipinski definition) is 1. The number of nitrogens with zero attached hydrogens (tertiary/aromatic N) is 1. The van der Waals surface area contributed by atoms with Gasteiger partial charge in [0.15, 0.2) is 0 Å². The summed E-state index contributed by atoms with van der Waals surface area (Å²) >= 11 is 0. The molecule has 2 aromatic rings. The third-order valence-electron chi connectivity index (χ3n) is 4.49. The Morgan fingerprint density at radius 3 is 2.14 bits per heavy atom. The second-order valence-electron chi connectivity index (χ2n) is 6.16. The van der Waals surface area contributed by atoms with Gasteiger partial charge < -0.3 is 4.90 Å². The first-order valence-corrected chi connectivity index (χ1v) is 8.22. The molecule has 0 bridgehead atoms. The van der Waals surface area contributed by atoms with Gasteiger partial charge in [-0.2, -0.15) is 0 Å². The first kappa shape index (κ1) is 14.8. The SMILES string of the molecule is O=C(CC1CCCC1)N(Cc1ccccc1)c1ccccc1. The molecule has 1 aliphatic carbocycles. The molecule has 0 saturated heterocycles. The maximum absolute atomic E-state index is 12.8. The Hall–Kier alpha value is -2.09. The van der Waals surface area contributed by atoms with Gasteiger partial charge in [-0.15, -0.1) is 0 Å². The van der Waals surface area contributed by atoms with Crippen LogP contribution in [0.3, 0.4) is 0 Å². The Bertz CT molecular complexity index is 588. The number of benzene rings is 2. The van der Waals surface area contributed by atoms with Crippen LogP contribution in [0.25, 0.3) is 0 Å². The van der Waals surface area contributed by atoms with Crippen molar-refractivity contribution < 1.29 is 4.79 Å². The molecule has 0 heterocycles. The Balaban J connectivity index is 1.77. The van der Waals surface area contributed by atoms with E-state index < -0.39 is 0 Å². The zero-order valence-electron chi connectivity index (χ0n) is 12.9. The van der Waals surface area contributed by atoms with Crippen LogP contribution in [0.2, 0.25) is 0 Å². The van der Waals surface area contributed by atoms with Crippen molar-refractivity contribution in [3.8, 4) is 0 Å². The summed E-state index contributed by atoms with van der Waals surface area (Å²) in [5.74, 6) is 0.830. The van der Waals surface area contributed by atoms with Crippen LogP contribution in [0.15, 0.2) is 60.7 Å². The van der Waals surface area contributed by atoms with Gasteiger partial charge in [0.05, 0.1) is 6.54 Å². The Labute approximate surface area is 132 Å². The highest BCUT2D eigenvalue weighted by Gasteiger charge is 2.23. The molecule has 1 fully saturated rings. The molecular formula is C20H23NO. The van der Waals surface area contributed by atoms with Crippen molar-refractivity contribution in [1.29, 1.82) is 0 Å². The Kier molecular flexibility index (Phi) is 4.89. The van der Waals surface area contributed by atoms with Gasteiger partial charge in [0.2, 0.25) is 5.91 Å². The van der Waals surface area contributed by atoms with Crippen molar-refractivity contribution >= 4 is 11.6 Å². The molecule has 1 amide bonds. The molecule has 0 radical (unpaired) electrons. The van der Waals surface area contributed by atoms with E-state index in [2.05, 4.69) is 12.1 Å². The summed E-state index contributed by atoms with van der Waals surface area (Å²) in [5, 5.41) is 0. The van der Waals surface area contributed by atoms with E-state index in [1.54, 1.807) is 0 Å². The summed E-state index contributed by atoms with van der Waals surface area (Å²) in [7, 11) is 0. The van der Waals surface area contributed by atoms with Crippen molar-refractivity contribution in [3.05, 3.63) is 66.2 Å². The fourth-order valence-corrected chi connectivity index (χ4v) is 3.27. The van der Waals surface area contributed by atoms with Crippen LogP contribution in [0.1, 0.15) is 37.7 Å². The quantitative estimate of drug-likeness (QED) is 0.775. The molecular weight excluding hydrogens is 270 g/mol. The number of rotatable bonds is 5. The number of hydrogen-bond donors (Lipinski definition) is 0. The molecule has 3 rings (SSSR count). The molecule has 0 atom stereocenters. The van der Waals surface area contributed by atoms with E-state index in [-0.39, 0.29) is 5.91 Å². The predicted molar refractivity (Wildman–Crippen MR) is 90.6 cm³/mol. The van der Waals surface area contributed by atoms with E-state index in [1.165, 1.54) is 31.2 Å². The van der Waals surface area contributed by atoms with Gasteiger partial charge in [-0.3, -0.25) is 4.79 Å². The highest BCUT2D eigenvalue weighted by molar-refractivity contribution is 5.93. The summed E-state index contributed by atoms with van der Waals surface area (Å²) in [6, 6.07) is 20.3. The van der Waals surface area contributed by atoms with E-state index in [0.717, 1.165) is 5.69 Å². The zero-order valence-corrected chi connectivity index (χ0v) is 12.9. The molecule has 114 valence electrons. The van der Waals surface area contributed by atoms with E-state index in [1.807, 2.05) is 53.4 Å². The lowest BCUT2D eigenvalue weighted by Crippen LogP contribution is -2.31. The maximum atomic E-state index is 12.8. The van der Waals surface area contributed by atoms with Crippen molar-refractivity contribution in [3.63, 3.8) is 0 Å². The first-order chi connectivity index (χ1) is 10.8. The highest BCUT2D eigenvalue weighted by Crippen LogP contribution is 2.29. The molecule has 1 saturated carbocycles. The number of carbonyl (C=O) groups excluding carboxylic acids is 1. The third kappa shape index (κ3) is 3.76. The van der Waals surface area contributed by atoms with Crippen molar-refractivity contribution in [2.45, 2.75) is 38.6 Å². The van der Waals surface area contributed by atoms with Crippen molar-refractivity contribution in [2.75, 3.05) is 4.90 Å². The monoisotopic (exact) mass is 293 g/mol. The second kappa shape index (κ2) is 7.26. The standard InChI is InChI=1S/C20H23NO/c22-20(15-17-9-7-8-10-17)21(19-13-5-2-6-14-19)16-18-11-3-1-4-12-18/h1-6,11-14,17H,7-10,15-16H2. The van der Waals surface area contributed by atoms with Gasteiger partial charge in [0.25, 0.3) is 0 Å². The van der Waals surface area contributed by atoms with E-state index in [9.17, 15) is 4.79 Å². The fourth-order valence-electron chi connectivity index (χ4n) is 3.27. The smallest absolute Gasteiger partial charge is 0.227 e. The molecule has 0 aliphatic heterocycles. The van der Waals surface area contributed by atoms with Crippen LogP contribution in [0, 0.1) is 5.92 Å². The average molecular weight is 293 g/mol. The molecule has 22 heavy (non-hydrogen) atoms. The summed E-state index contributed by atoms with van der Waals surface area (Å²) in [5.41, 5.74) is 2.17. The lowest BCUT2D eigenvalue weighted by Gasteiger charge is -2.24. The van der Waals surface area contributed by atoms with E-state index in [4.69, 9.17) is 0 Å². The van der Waals surface area contributed by atoms with Crippen molar-refractivity contribution in [1.82, 2.24) is 0 Å². The topological polar surface area (TPSA) is 20.3 Å². The average Bonchev–Trinajstić information content (AvgIpc) is 3.07. The number of amides is 1. The number of anilines is 1. The minimum absolute atomic E-state index is 0.252. The lowest BCUT2D eigenvalue weighted by atomic mass is 10.0. The summed E-state index contributed by atoms with van der Waals surface area (Å²) in [6.45, 7) is 0.649. The molecule has 2 aromatic carbocycles. The third-order valence-corrected chi connectivity index (χ3v) is 4.49. The van der Waals surface area contributed by atoms with Gasteiger partial charge in [-0.25, -0.2) is 0 Å². The minimum atomic E-state index is 0.252. The minimum Gasteiger partial charge on any atom is -0.308 e. The van der Waals surface area contributed by atoms with Crippen LogP contribution >= 0.6 is 0 Å². The molecule has 2 nitrogen and oxygen atoms in total. The van der Waals surface area contributed by atoms with Gasteiger partial charge in [0, 0.05) is 12.1 Å². The van der Waals surface area contributed by atoms with E-state index in [0.29, 0.717) is 18.9 Å². The summed E-state index contributed by atoms with van der Waals surface area (Å²) < 4.78 is 0. The largest absolute Gasteiger partial charge is 0.308 e. The second-order valence-corrected chi connectivity index (χ2v) is 6.16. The molecule has 0 aromatic heterocycles. The molecule has 0 unspecified atom stereocenters. The van der Waals surface area contributed by atoms with Gasteiger partial charge in [0.1, 0.15) is 0 Å². The maximum Gasteiger partial charge on any atom is 0.227 e. The Morgan fingerprint density at radius 1 is 0.909 bits per heavy atom. The summed E-state index contributed by atoms with van der Waals surface area (Å²) in [4.78, 5) is 14.8. The van der Waals surface area contributed by atoms with Crippen LogP contribution in [-0.4, -0.2) is 5.91 Å². The van der Waals surface area contributed by atoms with Crippen LogP contribution in [0.5, 0.6) is 0 Å². The van der Waals surface area contributed by atoms with Crippen LogP contribution in [0.4, 0.5) is 5.69 Å². The Morgan fingerprint density at radius 2 is 1.50 bits per heavy atom. The molecule has 0 N–H and O–H groups in total. The molecule has 0 spiro atoms.